The molecule has 2 aromatic heterocycles. The van der Waals surface area contributed by atoms with E-state index in [0.717, 1.165) is 12.1 Å². The van der Waals surface area contributed by atoms with Gasteiger partial charge in [0.05, 0.1) is 6.33 Å². The first kappa shape index (κ1) is 12.6. The lowest BCUT2D eigenvalue weighted by molar-refractivity contribution is 0.834. The van der Waals surface area contributed by atoms with Gasteiger partial charge in [-0.05, 0) is 12.1 Å². The van der Waals surface area contributed by atoms with Crippen molar-refractivity contribution in [1.29, 1.82) is 0 Å². The zero-order chi connectivity index (χ0) is 13.0. The van der Waals surface area contributed by atoms with Gasteiger partial charge in [-0.3, -0.25) is 9.78 Å². The van der Waals surface area contributed by atoms with Gasteiger partial charge in [0.1, 0.15) is 5.02 Å². The van der Waals surface area contributed by atoms with Gasteiger partial charge in [0.25, 0.3) is 5.56 Å². The molecule has 1 N–H and O–H groups in total. The summed E-state index contributed by atoms with van der Waals surface area (Å²) in [6.45, 7) is 0.688. The normalized spacial score (nSPS) is 10.3. The van der Waals surface area contributed by atoms with Gasteiger partial charge in [0.2, 0.25) is 0 Å². The van der Waals surface area contributed by atoms with E-state index in [2.05, 4.69) is 15.0 Å². The van der Waals surface area contributed by atoms with Crippen LogP contribution in [0.1, 0.15) is 5.69 Å². The molecule has 0 radical (unpaired) electrons. The second-order valence-electron chi connectivity index (χ2n) is 3.86. The Morgan fingerprint density at radius 2 is 2.22 bits per heavy atom. The van der Waals surface area contributed by atoms with Crippen molar-refractivity contribution in [1.82, 2.24) is 15.0 Å². The third-order valence-corrected chi connectivity index (χ3v) is 2.91. The number of likely N-dealkylation sites (N-methyl/N-ethyl adjacent to an activating group) is 1. The Kier molecular flexibility index (Phi) is 3.94. The lowest BCUT2D eigenvalue weighted by atomic mass is 10.2. The van der Waals surface area contributed by atoms with Crippen LogP contribution >= 0.6 is 11.6 Å². The molecule has 18 heavy (non-hydrogen) atoms. The number of pyridine rings is 1. The molecule has 0 fully saturated rings. The summed E-state index contributed by atoms with van der Waals surface area (Å²) in [5.41, 5.74) is 0.664. The molecule has 0 spiro atoms. The molecule has 0 aliphatic heterocycles. The highest BCUT2D eigenvalue weighted by Crippen LogP contribution is 2.16. The largest absolute Gasteiger partial charge is 0.358 e. The van der Waals surface area contributed by atoms with Gasteiger partial charge in [0, 0.05) is 31.9 Å². The Balaban J connectivity index is 2.06. The van der Waals surface area contributed by atoms with E-state index in [1.807, 2.05) is 30.1 Å². The first-order valence-corrected chi connectivity index (χ1v) is 5.90. The predicted molar refractivity (Wildman–Crippen MR) is 71.1 cm³/mol. The molecule has 94 valence electrons. The molecular formula is C12H13ClN4O. The summed E-state index contributed by atoms with van der Waals surface area (Å²) in [7, 11) is 1.84. The molecule has 2 rings (SSSR count). The number of aromatic amines is 1. The summed E-state index contributed by atoms with van der Waals surface area (Å²) in [5.74, 6) is 0.483. The van der Waals surface area contributed by atoms with Crippen LogP contribution in [0.5, 0.6) is 0 Å². The first-order valence-electron chi connectivity index (χ1n) is 5.52. The van der Waals surface area contributed by atoms with Gasteiger partial charge in [-0.25, -0.2) is 4.98 Å². The predicted octanol–water partition coefficient (Wildman–Crippen LogP) is 1.50. The fourth-order valence-electron chi connectivity index (χ4n) is 1.57. The van der Waals surface area contributed by atoms with Gasteiger partial charge in [-0.2, -0.15) is 0 Å². The SMILES string of the molecule is CN(CCc1ccccn1)c1nc[nH]c(=O)c1Cl. The maximum Gasteiger partial charge on any atom is 0.271 e. The van der Waals surface area contributed by atoms with Crippen LogP contribution in [0.25, 0.3) is 0 Å². The third kappa shape index (κ3) is 2.87. The van der Waals surface area contributed by atoms with E-state index in [9.17, 15) is 4.79 Å². The summed E-state index contributed by atoms with van der Waals surface area (Å²) in [6.07, 6.45) is 3.87. The lowest BCUT2D eigenvalue weighted by Crippen LogP contribution is -2.24. The van der Waals surface area contributed by atoms with Crippen molar-refractivity contribution >= 4 is 17.4 Å². The number of hydrogen-bond donors (Lipinski definition) is 1. The van der Waals surface area contributed by atoms with E-state index in [1.54, 1.807) is 6.20 Å². The van der Waals surface area contributed by atoms with Crippen LogP contribution in [-0.2, 0) is 6.42 Å². The summed E-state index contributed by atoms with van der Waals surface area (Å²) >= 11 is 5.91. The Morgan fingerprint density at radius 1 is 1.39 bits per heavy atom. The van der Waals surface area contributed by atoms with Gasteiger partial charge in [-0.1, -0.05) is 17.7 Å². The van der Waals surface area contributed by atoms with Crippen molar-refractivity contribution in [2.45, 2.75) is 6.42 Å². The highest BCUT2D eigenvalue weighted by molar-refractivity contribution is 6.32. The van der Waals surface area contributed by atoms with Gasteiger partial charge in [0.15, 0.2) is 5.82 Å². The minimum atomic E-state index is -0.327. The average Bonchev–Trinajstić information content (AvgIpc) is 2.40. The highest BCUT2D eigenvalue weighted by Gasteiger charge is 2.10. The zero-order valence-electron chi connectivity index (χ0n) is 9.93. The number of rotatable bonds is 4. The summed E-state index contributed by atoms with van der Waals surface area (Å²) in [5, 5.41) is 0.112. The van der Waals surface area contributed by atoms with Crippen LogP contribution in [0.15, 0.2) is 35.5 Å². The molecular weight excluding hydrogens is 252 g/mol. The maximum atomic E-state index is 11.4. The molecule has 2 aromatic rings. The molecule has 0 unspecified atom stereocenters. The number of nitrogens with one attached hydrogen (secondary N) is 1. The number of hydrogen-bond acceptors (Lipinski definition) is 4. The van der Waals surface area contributed by atoms with Crippen LogP contribution in [0.2, 0.25) is 5.02 Å². The molecule has 0 aliphatic carbocycles. The molecule has 0 aromatic carbocycles. The minimum absolute atomic E-state index is 0.112. The van der Waals surface area contributed by atoms with Crippen LogP contribution in [0, 0.1) is 0 Å². The molecule has 0 atom stereocenters. The monoisotopic (exact) mass is 264 g/mol. The molecule has 0 saturated heterocycles. The number of halogens is 1. The van der Waals surface area contributed by atoms with E-state index < -0.39 is 0 Å². The highest BCUT2D eigenvalue weighted by atomic mass is 35.5. The molecule has 0 saturated carbocycles. The average molecular weight is 265 g/mol. The molecule has 5 nitrogen and oxygen atoms in total. The number of aromatic nitrogens is 3. The van der Waals surface area contributed by atoms with E-state index >= 15 is 0 Å². The van der Waals surface area contributed by atoms with Gasteiger partial charge in [-0.15, -0.1) is 0 Å². The summed E-state index contributed by atoms with van der Waals surface area (Å²) in [4.78, 5) is 23.9. The van der Waals surface area contributed by atoms with Crippen LogP contribution in [0.3, 0.4) is 0 Å². The third-order valence-electron chi connectivity index (χ3n) is 2.57. The molecule has 0 amide bonds. The van der Waals surface area contributed by atoms with Crippen LogP contribution < -0.4 is 10.5 Å². The maximum absolute atomic E-state index is 11.4. The smallest absolute Gasteiger partial charge is 0.271 e. The van der Waals surface area contributed by atoms with E-state index in [4.69, 9.17) is 11.6 Å². The number of anilines is 1. The molecule has 0 bridgehead atoms. The fraction of sp³-hybridized carbons (Fsp3) is 0.250. The Hall–Kier alpha value is -1.88. The topological polar surface area (TPSA) is 61.9 Å². The van der Waals surface area contributed by atoms with Crippen LogP contribution in [-0.4, -0.2) is 28.5 Å². The second-order valence-corrected chi connectivity index (χ2v) is 4.24. The number of H-pyrrole nitrogens is 1. The molecule has 0 aliphatic rings. The second kappa shape index (κ2) is 5.64. The Bertz CT molecular complexity index is 570. The molecule has 2 heterocycles. The van der Waals surface area contributed by atoms with E-state index in [1.165, 1.54) is 6.33 Å². The summed E-state index contributed by atoms with van der Waals surface area (Å²) in [6, 6.07) is 5.78. The minimum Gasteiger partial charge on any atom is -0.358 e. The zero-order valence-corrected chi connectivity index (χ0v) is 10.7. The van der Waals surface area contributed by atoms with Gasteiger partial charge >= 0.3 is 0 Å². The van der Waals surface area contributed by atoms with Crippen molar-refractivity contribution in [2.24, 2.45) is 0 Å². The quantitative estimate of drug-likeness (QED) is 0.909. The summed E-state index contributed by atoms with van der Waals surface area (Å²) < 4.78 is 0. The first-order chi connectivity index (χ1) is 8.68. The van der Waals surface area contributed by atoms with Crippen LogP contribution in [0.4, 0.5) is 5.82 Å². The van der Waals surface area contributed by atoms with Crippen molar-refractivity contribution < 1.29 is 0 Å². The Labute approximate surface area is 109 Å². The van der Waals surface area contributed by atoms with Gasteiger partial charge < -0.3 is 9.88 Å². The lowest BCUT2D eigenvalue weighted by Gasteiger charge is -2.18. The Morgan fingerprint density at radius 3 is 2.94 bits per heavy atom. The van der Waals surface area contributed by atoms with Crippen molar-refractivity contribution in [3.63, 3.8) is 0 Å². The van der Waals surface area contributed by atoms with Crippen molar-refractivity contribution in [3.05, 3.63) is 51.8 Å². The van der Waals surface area contributed by atoms with Crippen molar-refractivity contribution in [2.75, 3.05) is 18.5 Å². The van der Waals surface area contributed by atoms with E-state index in [0.29, 0.717) is 12.4 Å². The standard InChI is InChI=1S/C12H13ClN4O/c1-17(7-5-9-4-2-3-6-14-9)11-10(13)12(18)16-8-15-11/h2-4,6,8H,5,7H2,1H3,(H,15,16,18). The fourth-order valence-corrected chi connectivity index (χ4v) is 1.82. The van der Waals surface area contributed by atoms with E-state index in [-0.39, 0.29) is 10.6 Å². The van der Waals surface area contributed by atoms with Crippen molar-refractivity contribution in [3.8, 4) is 0 Å². The molecule has 6 heteroatoms. The number of nitrogens with zero attached hydrogens (tertiary/aromatic N) is 3.